The highest BCUT2D eigenvalue weighted by atomic mass is 32.2. The van der Waals surface area contributed by atoms with Crippen LogP contribution in [0.15, 0.2) is 96.2 Å². The molecule has 204 valence electrons. The van der Waals surface area contributed by atoms with Gasteiger partial charge in [-0.3, -0.25) is 4.98 Å². The van der Waals surface area contributed by atoms with Crippen molar-refractivity contribution in [1.82, 2.24) is 9.71 Å². The number of pyridine rings is 1. The third-order valence-corrected chi connectivity index (χ3v) is 8.06. The largest absolute Gasteiger partial charge is 0.489 e. The highest BCUT2D eigenvalue weighted by molar-refractivity contribution is 7.89. The Labute approximate surface area is 226 Å². The van der Waals surface area contributed by atoms with Crippen LogP contribution >= 0.6 is 0 Å². The summed E-state index contributed by atoms with van der Waals surface area (Å²) < 4.78 is 76.0. The van der Waals surface area contributed by atoms with Gasteiger partial charge < -0.3 is 4.74 Å². The number of aryl methyl sites for hydroxylation is 1. The first-order valence-electron chi connectivity index (χ1n) is 12.4. The van der Waals surface area contributed by atoms with Gasteiger partial charge in [-0.15, -0.1) is 0 Å². The summed E-state index contributed by atoms with van der Waals surface area (Å²) in [6.45, 7) is 5.50. The van der Waals surface area contributed by atoms with Gasteiger partial charge in [-0.2, -0.15) is 13.2 Å². The SMILES string of the molecule is CCc1cnccc1-c1cc(OCc2ccccc2)cc(C(C)(C)NS(=O)(=O)c2ccccc2C(F)(F)F)c1. The van der Waals surface area contributed by atoms with Crippen LogP contribution in [0.3, 0.4) is 0 Å². The summed E-state index contributed by atoms with van der Waals surface area (Å²) in [6, 6.07) is 21.0. The van der Waals surface area contributed by atoms with E-state index in [1.807, 2.05) is 55.5 Å². The Balaban J connectivity index is 1.77. The van der Waals surface area contributed by atoms with Gasteiger partial charge in [-0.1, -0.05) is 49.4 Å². The Morgan fingerprint density at radius 2 is 1.62 bits per heavy atom. The fourth-order valence-electron chi connectivity index (χ4n) is 4.32. The number of nitrogens with zero attached hydrogens (tertiary/aromatic N) is 1. The topological polar surface area (TPSA) is 68.3 Å². The van der Waals surface area contributed by atoms with E-state index in [2.05, 4.69) is 9.71 Å². The van der Waals surface area contributed by atoms with Gasteiger partial charge in [0.1, 0.15) is 12.4 Å². The second-order valence-electron chi connectivity index (χ2n) is 9.63. The minimum Gasteiger partial charge on any atom is -0.489 e. The summed E-state index contributed by atoms with van der Waals surface area (Å²) in [5.74, 6) is 0.494. The van der Waals surface area contributed by atoms with E-state index in [1.54, 1.807) is 32.3 Å². The zero-order valence-electron chi connectivity index (χ0n) is 21.8. The van der Waals surface area contributed by atoms with Gasteiger partial charge in [0.15, 0.2) is 0 Å². The molecule has 0 atom stereocenters. The number of hydrogen-bond donors (Lipinski definition) is 1. The number of halogens is 3. The molecule has 0 radical (unpaired) electrons. The van der Waals surface area contributed by atoms with Crippen LogP contribution in [0.25, 0.3) is 11.1 Å². The van der Waals surface area contributed by atoms with E-state index in [9.17, 15) is 21.6 Å². The number of rotatable bonds is 9. The molecule has 1 aromatic heterocycles. The Kier molecular flexibility index (Phi) is 8.13. The summed E-state index contributed by atoms with van der Waals surface area (Å²) in [5.41, 5.74) is 1.62. The van der Waals surface area contributed by atoms with Gasteiger partial charge in [-0.05, 0) is 84.5 Å². The van der Waals surface area contributed by atoms with Crippen LogP contribution in [0.1, 0.15) is 43.0 Å². The van der Waals surface area contributed by atoms with Gasteiger partial charge in [0.05, 0.1) is 16.0 Å². The van der Waals surface area contributed by atoms with Crippen LogP contribution in [-0.4, -0.2) is 13.4 Å². The van der Waals surface area contributed by atoms with Crippen molar-refractivity contribution in [1.29, 1.82) is 0 Å². The lowest BCUT2D eigenvalue weighted by atomic mass is 9.90. The lowest BCUT2D eigenvalue weighted by Gasteiger charge is -2.28. The lowest BCUT2D eigenvalue weighted by molar-refractivity contribution is -0.139. The molecule has 4 rings (SSSR count). The minimum absolute atomic E-state index is 0.284. The molecule has 0 saturated carbocycles. The van der Waals surface area contributed by atoms with Crippen LogP contribution < -0.4 is 9.46 Å². The molecule has 1 N–H and O–H groups in total. The predicted octanol–water partition coefficient (Wildman–Crippen LogP) is 7.12. The molecule has 0 aliphatic carbocycles. The maximum absolute atomic E-state index is 13.6. The van der Waals surface area contributed by atoms with E-state index in [0.29, 0.717) is 11.3 Å². The molecule has 9 heteroatoms. The maximum atomic E-state index is 13.6. The third kappa shape index (κ3) is 6.66. The number of sulfonamides is 1. The summed E-state index contributed by atoms with van der Waals surface area (Å²) >= 11 is 0. The van der Waals surface area contributed by atoms with Gasteiger partial charge in [0.2, 0.25) is 10.0 Å². The quantitative estimate of drug-likeness (QED) is 0.239. The number of hydrogen-bond acceptors (Lipinski definition) is 4. The molecule has 0 unspecified atom stereocenters. The van der Waals surface area contributed by atoms with Gasteiger partial charge in [0, 0.05) is 12.4 Å². The highest BCUT2D eigenvalue weighted by Gasteiger charge is 2.38. The monoisotopic (exact) mass is 554 g/mol. The first-order chi connectivity index (χ1) is 18.4. The fourth-order valence-corrected chi connectivity index (χ4v) is 5.95. The van der Waals surface area contributed by atoms with Crippen molar-refractivity contribution in [3.05, 3.63) is 114 Å². The molecule has 39 heavy (non-hydrogen) atoms. The average molecular weight is 555 g/mol. The molecule has 5 nitrogen and oxygen atoms in total. The van der Waals surface area contributed by atoms with Crippen molar-refractivity contribution >= 4 is 10.0 Å². The first kappa shape index (κ1) is 28.3. The molecule has 0 saturated heterocycles. The molecule has 0 aliphatic heterocycles. The van der Waals surface area contributed by atoms with Crippen molar-refractivity contribution in [3.63, 3.8) is 0 Å². The molecule has 0 bridgehead atoms. The Bertz CT molecular complexity index is 1550. The molecule has 3 aromatic carbocycles. The first-order valence-corrected chi connectivity index (χ1v) is 13.8. The van der Waals surface area contributed by atoms with Gasteiger partial charge in [0.25, 0.3) is 0 Å². The Morgan fingerprint density at radius 1 is 0.923 bits per heavy atom. The number of ether oxygens (including phenoxy) is 1. The smallest absolute Gasteiger partial charge is 0.417 e. The fraction of sp³-hybridized carbons (Fsp3) is 0.233. The summed E-state index contributed by atoms with van der Waals surface area (Å²) in [6.07, 6.45) is -0.661. The standard InChI is InChI=1S/C30H29F3N2O3S/c1-4-22-19-34-15-14-26(22)23-16-24(18-25(17-23)38-20-21-10-6-5-7-11-21)29(2,3)35-39(36,37)28-13-9-8-12-27(28)30(31,32)33/h5-19,35H,4,20H2,1-3H3. The van der Waals surface area contributed by atoms with Crippen LogP contribution in [-0.2, 0) is 34.8 Å². The molecule has 1 heterocycles. The normalized spacial score (nSPS) is 12.4. The van der Waals surface area contributed by atoms with Gasteiger partial charge >= 0.3 is 6.18 Å². The number of nitrogens with one attached hydrogen (secondary N) is 1. The molecule has 0 fully saturated rings. The third-order valence-electron chi connectivity index (χ3n) is 6.34. The molecule has 0 spiro atoms. The molecule has 0 aliphatic rings. The van der Waals surface area contributed by atoms with E-state index in [0.717, 1.165) is 46.9 Å². The molecular formula is C30H29F3N2O3S. The highest BCUT2D eigenvalue weighted by Crippen LogP contribution is 2.37. The lowest BCUT2D eigenvalue weighted by Crippen LogP contribution is -2.41. The van der Waals surface area contributed by atoms with E-state index in [1.165, 1.54) is 6.07 Å². The van der Waals surface area contributed by atoms with Crippen LogP contribution in [0.5, 0.6) is 5.75 Å². The molecule has 4 aromatic rings. The number of alkyl halides is 3. The second kappa shape index (κ2) is 11.2. The summed E-state index contributed by atoms with van der Waals surface area (Å²) in [5, 5.41) is 0. The van der Waals surface area contributed by atoms with Crippen molar-refractivity contribution in [2.75, 3.05) is 0 Å². The maximum Gasteiger partial charge on any atom is 0.417 e. The average Bonchev–Trinajstić information content (AvgIpc) is 2.91. The molecular weight excluding hydrogens is 525 g/mol. The van der Waals surface area contributed by atoms with Crippen LogP contribution in [0.4, 0.5) is 13.2 Å². The Morgan fingerprint density at radius 3 is 2.31 bits per heavy atom. The minimum atomic E-state index is -4.83. The van der Waals surface area contributed by atoms with Gasteiger partial charge in [-0.25, -0.2) is 13.1 Å². The zero-order chi connectivity index (χ0) is 28.3. The van der Waals surface area contributed by atoms with Crippen molar-refractivity contribution < 1.29 is 26.3 Å². The van der Waals surface area contributed by atoms with E-state index in [-0.39, 0.29) is 6.61 Å². The summed E-state index contributed by atoms with van der Waals surface area (Å²) in [4.78, 5) is 3.38. The number of benzene rings is 3. The van der Waals surface area contributed by atoms with Crippen LogP contribution in [0, 0.1) is 0 Å². The van der Waals surface area contributed by atoms with E-state index in [4.69, 9.17) is 4.74 Å². The summed E-state index contributed by atoms with van der Waals surface area (Å²) in [7, 11) is -4.56. The van der Waals surface area contributed by atoms with E-state index >= 15 is 0 Å². The van der Waals surface area contributed by atoms with E-state index < -0.39 is 32.2 Å². The number of aromatic nitrogens is 1. The second-order valence-corrected chi connectivity index (χ2v) is 11.3. The van der Waals surface area contributed by atoms with Crippen molar-refractivity contribution in [2.45, 2.75) is 50.4 Å². The van der Waals surface area contributed by atoms with Crippen LogP contribution in [0.2, 0.25) is 0 Å². The molecule has 0 amide bonds. The van der Waals surface area contributed by atoms with Crippen molar-refractivity contribution in [3.8, 4) is 16.9 Å². The Hall–Kier alpha value is -3.69. The van der Waals surface area contributed by atoms with Crippen molar-refractivity contribution in [2.24, 2.45) is 0 Å². The predicted molar refractivity (Wildman–Crippen MR) is 145 cm³/mol. The zero-order valence-corrected chi connectivity index (χ0v) is 22.6.